The zero-order valence-corrected chi connectivity index (χ0v) is 10.3. The molecule has 0 aliphatic rings. The minimum Gasteiger partial charge on any atom is -0.345 e. The fraction of sp³-hybridized carbons (Fsp3) is 0.308. The number of nitriles is 1. The zero-order chi connectivity index (χ0) is 13.1. The maximum atomic E-state index is 11.9. The minimum absolute atomic E-state index is 0.00844. The molecule has 0 radical (unpaired) electrons. The van der Waals surface area contributed by atoms with Gasteiger partial charge in [0, 0.05) is 5.69 Å². The Kier molecular flexibility index (Phi) is 3.28. The van der Waals surface area contributed by atoms with Gasteiger partial charge in [-0.25, -0.2) is 4.98 Å². The molecule has 5 nitrogen and oxygen atoms in total. The third-order valence-corrected chi connectivity index (χ3v) is 2.78. The van der Waals surface area contributed by atoms with Crippen LogP contribution in [0.3, 0.4) is 0 Å². The summed E-state index contributed by atoms with van der Waals surface area (Å²) < 4.78 is 0. The summed E-state index contributed by atoms with van der Waals surface area (Å²) >= 11 is 0. The predicted octanol–water partition coefficient (Wildman–Crippen LogP) is 2.30. The van der Waals surface area contributed by atoms with Crippen LogP contribution in [0.4, 0.5) is 5.69 Å². The number of amides is 1. The van der Waals surface area contributed by atoms with Crippen molar-refractivity contribution in [3.63, 3.8) is 0 Å². The van der Waals surface area contributed by atoms with Crippen LogP contribution in [0.2, 0.25) is 0 Å². The highest BCUT2D eigenvalue weighted by Gasteiger charge is 2.21. The second-order valence-corrected chi connectivity index (χ2v) is 4.47. The third-order valence-electron chi connectivity index (χ3n) is 2.78. The second kappa shape index (κ2) is 4.88. The number of fused-ring (bicyclic) bond motifs is 1. The first kappa shape index (κ1) is 12.1. The molecule has 5 heteroatoms. The summed E-state index contributed by atoms with van der Waals surface area (Å²) in [7, 11) is 0. The van der Waals surface area contributed by atoms with Gasteiger partial charge in [-0.3, -0.25) is 4.79 Å². The number of hydrogen-bond donors (Lipinski definition) is 2. The van der Waals surface area contributed by atoms with Crippen molar-refractivity contribution in [2.75, 3.05) is 5.32 Å². The maximum Gasteiger partial charge on any atom is 0.241 e. The van der Waals surface area contributed by atoms with Gasteiger partial charge in [-0.2, -0.15) is 5.26 Å². The lowest BCUT2D eigenvalue weighted by Gasteiger charge is -2.12. The van der Waals surface area contributed by atoms with Crippen molar-refractivity contribution >= 4 is 22.6 Å². The first-order chi connectivity index (χ1) is 8.61. The smallest absolute Gasteiger partial charge is 0.241 e. The number of anilines is 1. The Labute approximate surface area is 105 Å². The highest BCUT2D eigenvalue weighted by molar-refractivity contribution is 5.95. The Morgan fingerprint density at radius 3 is 2.94 bits per heavy atom. The summed E-state index contributed by atoms with van der Waals surface area (Å²) in [6.07, 6.45) is 1.60. The molecule has 1 amide bonds. The Morgan fingerprint density at radius 2 is 2.28 bits per heavy atom. The molecule has 1 aromatic heterocycles. The maximum absolute atomic E-state index is 11.9. The Hall–Kier alpha value is -2.35. The quantitative estimate of drug-likeness (QED) is 0.866. The van der Waals surface area contributed by atoms with Crippen molar-refractivity contribution < 1.29 is 4.79 Å². The standard InChI is InChI=1S/C13H14N4O/c1-8(2)10(6-14)13(18)17-9-3-4-11-12(5-9)16-7-15-11/h3-5,7-8,10H,1-2H3,(H,15,16)(H,17,18). The molecule has 2 N–H and O–H groups in total. The van der Waals surface area contributed by atoms with Gasteiger partial charge in [-0.05, 0) is 24.1 Å². The first-order valence-electron chi connectivity index (χ1n) is 5.75. The molecule has 0 saturated carbocycles. The van der Waals surface area contributed by atoms with Crippen LogP contribution >= 0.6 is 0 Å². The highest BCUT2D eigenvalue weighted by atomic mass is 16.1. The zero-order valence-electron chi connectivity index (χ0n) is 10.3. The number of carbonyl (C=O) groups excluding carboxylic acids is 1. The number of aromatic amines is 1. The van der Waals surface area contributed by atoms with Gasteiger partial charge in [0.1, 0.15) is 5.92 Å². The molecule has 18 heavy (non-hydrogen) atoms. The van der Waals surface area contributed by atoms with Gasteiger partial charge in [0.05, 0.1) is 23.4 Å². The van der Waals surface area contributed by atoms with Crippen LogP contribution in [0.1, 0.15) is 13.8 Å². The SMILES string of the molecule is CC(C)C(C#N)C(=O)Nc1ccc2nc[nH]c2c1. The van der Waals surface area contributed by atoms with E-state index in [0.717, 1.165) is 11.0 Å². The molecular formula is C13H14N4O. The van der Waals surface area contributed by atoms with Gasteiger partial charge in [0.2, 0.25) is 5.91 Å². The van der Waals surface area contributed by atoms with Gasteiger partial charge >= 0.3 is 0 Å². The number of rotatable bonds is 3. The average Bonchev–Trinajstić information content (AvgIpc) is 2.76. The largest absolute Gasteiger partial charge is 0.345 e. The number of benzene rings is 1. The van der Waals surface area contributed by atoms with E-state index < -0.39 is 5.92 Å². The first-order valence-corrected chi connectivity index (χ1v) is 5.75. The van der Waals surface area contributed by atoms with E-state index >= 15 is 0 Å². The van der Waals surface area contributed by atoms with Crippen molar-refractivity contribution in [2.24, 2.45) is 11.8 Å². The predicted molar refractivity (Wildman–Crippen MR) is 68.7 cm³/mol. The number of carbonyl (C=O) groups is 1. The Bertz CT molecular complexity index is 609. The lowest BCUT2D eigenvalue weighted by Crippen LogP contribution is -2.25. The summed E-state index contributed by atoms with van der Waals surface area (Å²) in [4.78, 5) is 19.0. The molecule has 0 spiro atoms. The summed E-state index contributed by atoms with van der Waals surface area (Å²) in [5.41, 5.74) is 2.36. The molecule has 2 aromatic rings. The van der Waals surface area contributed by atoms with Crippen LogP contribution in [0, 0.1) is 23.2 Å². The lowest BCUT2D eigenvalue weighted by atomic mass is 9.96. The molecule has 0 aliphatic carbocycles. The number of hydrogen-bond acceptors (Lipinski definition) is 3. The van der Waals surface area contributed by atoms with Crippen LogP contribution in [-0.2, 0) is 4.79 Å². The van der Waals surface area contributed by atoms with Gasteiger partial charge in [-0.1, -0.05) is 13.8 Å². The fourth-order valence-electron chi connectivity index (χ4n) is 1.74. The number of imidazole rings is 1. The van der Waals surface area contributed by atoms with E-state index in [9.17, 15) is 4.79 Å². The summed E-state index contributed by atoms with van der Waals surface area (Å²) in [5, 5.41) is 11.7. The van der Waals surface area contributed by atoms with E-state index in [4.69, 9.17) is 5.26 Å². The number of nitrogens with zero attached hydrogens (tertiary/aromatic N) is 2. The lowest BCUT2D eigenvalue weighted by molar-refractivity contribution is -0.119. The van der Waals surface area contributed by atoms with Crippen molar-refractivity contribution in [1.82, 2.24) is 9.97 Å². The van der Waals surface area contributed by atoms with Crippen molar-refractivity contribution in [3.8, 4) is 6.07 Å². The van der Waals surface area contributed by atoms with Gasteiger partial charge < -0.3 is 10.3 Å². The van der Waals surface area contributed by atoms with Crippen LogP contribution in [-0.4, -0.2) is 15.9 Å². The number of H-pyrrole nitrogens is 1. The fourth-order valence-corrected chi connectivity index (χ4v) is 1.74. The molecule has 92 valence electrons. The normalized spacial score (nSPS) is 12.3. The van der Waals surface area contributed by atoms with Crippen LogP contribution in [0.15, 0.2) is 24.5 Å². The molecule has 1 unspecified atom stereocenters. The molecule has 0 fully saturated rings. The van der Waals surface area contributed by atoms with Gasteiger partial charge in [0.15, 0.2) is 0 Å². The van der Waals surface area contributed by atoms with E-state index in [0.29, 0.717) is 5.69 Å². The molecule has 1 heterocycles. The van der Waals surface area contributed by atoms with E-state index in [1.165, 1.54) is 0 Å². The van der Waals surface area contributed by atoms with E-state index in [1.807, 2.05) is 26.0 Å². The number of nitrogens with one attached hydrogen (secondary N) is 2. The molecule has 0 aliphatic heterocycles. The third kappa shape index (κ3) is 2.33. The minimum atomic E-state index is -0.637. The van der Waals surface area contributed by atoms with Crippen LogP contribution < -0.4 is 5.32 Å². The van der Waals surface area contributed by atoms with Crippen molar-refractivity contribution in [3.05, 3.63) is 24.5 Å². The summed E-state index contributed by atoms with van der Waals surface area (Å²) in [6.45, 7) is 3.71. The number of aromatic nitrogens is 2. The molecule has 1 aromatic carbocycles. The Morgan fingerprint density at radius 1 is 1.50 bits per heavy atom. The second-order valence-electron chi connectivity index (χ2n) is 4.47. The molecule has 1 atom stereocenters. The van der Waals surface area contributed by atoms with Gasteiger partial charge in [-0.15, -0.1) is 0 Å². The molecular weight excluding hydrogens is 228 g/mol. The molecule has 0 bridgehead atoms. The molecule has 0 saturated heterocycles. The molecule has 2 rings (SSSR count). The summed E-state index contributed by atoms with van der Waals surface area (Å²) in [5.74, 6) is -0.917. The average molecular weight is 242 g/mol. The summed E-state index contributed by atoms with van der Waals surface area (Å²) in [6, 6.07) is 7.41. The van der Waals surface area contributed by atoms with Crippen molar-refractivity contribution in [2.45, 2.75) is 13.8 Å². The van der Waals surface area contributed by atoms with E-state index in [2.05, 4.69) is 15.3 Å². The van der Waals surface area contributed by atoms with Crippen LogP contribution in [0.5, 0.6) is 0 Å². The Balaban J connectivity index is 2.18. The highest BCUT2D eigenvalue weighted by Crippen LogP contribution is 2.18. The van der Waals surface area contributed by atoms with E-state index in [1.54, 1.807) is 18.5 Å². The topological polar surface area (TPSA) is 81.6 Å². The van der Waals surface area contributed by atoms with Gasteiger partial charge in [0.25, 0.3) is 0 Å². The monoisotopic (exact) mass is 242 g/mol. The van der Waals surface area contributed by atoms with E-state index in [-0.39, 0.29) is 11.8 Å². The van der Waals surface area contributed by atoms with Crippen molar-refractivity contribution in [1.29, 1.82) is 5.26 Å². The van der Waals surface area contributed by atoms with Crippen LogP contribution in [0.25, 0.3) is 11.0 Å².